The van der Waals surface area contributed by atoms with Gasteiger partial charge in [0, 0.05) is 15.7 Å². The summed E-state index contributed by atoms with van der Waals surface area (Å²) in [6, 6.07) is 15.3. The highest BCUT2D eigenvalue weighted by atomic mass is 79.9. The molecule has 0 aromatic heterocycles. The number of anilines is 1. The number of ether oxygens (including phenoxy) is 1. The number of nitrogen functional groups attached to an aromatic ring is 1. The average Bonchev–Trinajstić information content (AvgIpc) is 2.42. The average molecular weight is 317 g/mol. The van der Waals surface area contributed by atoms with Crippen molar-refractivity contribution in [2.24, 2.45) is 0 Å². The minimum atomic E-state index is 0.418. The van der Waals surface area contributed by atoms with Crippen LogP contribution in [0.25, 0.3) is 0 Å². The zero-order valence-corrected chi connectivity index (χ0v) is 11.9. The van der Waals surface area contributed by atoms with Gasteiger partial charge in [-0.1, -0.05) is 24.3 Å². The quantitative estimate of drug-likeness (QED) is 0.875. The van der Waals surface area contributed by atoms with E-state index in [-0.39, 0.29) is 0 Å². The lowest BCUT2D eigenvalue weighted by atomic mass is 10.1. The van der Waals surface area contributed by atoms with E-state index < -0.39 is 0 Å². The molecule has 2 aromatic carbocycles. The molecule has 0 fully saturated rings. The Morgan fingerprint density at radius 2 is 1.89 bits per heavy atom. The highest BCUT2D eigenvalue weighted by Gasteiger charge is 2.04. The molecule has 96 valence electrons. The highest BCUT2D eigenvalue weighted by Crippen LogP contribution is 2.25. The molecule has 0 radical (unpaired) electrons. The van der Waals surface area contributed by atoms with E-state index in [0.717, 1.165) is 21.3 Å². The van der Waals surface area contributed by atoms with Crippen molar-refractivity contribution >= 4 is 21.6 Å². The number of nitriles is 1. The van der Waals surface area contributed by atoms with Gasteiger partial charge in [0.05, 0.1) is 12.5 Å². The maximum absolute atomic E-state index is 8.60. The molecule has 2 aromatic rings. The van der Waals surface area contributed by atoms with E-state index in [9.17, 15) is 0 Å². The van der Waals surface area contributed by atoms with Gasteiger partial charge in [-0.3, -0.25) is 0 Å². The number of hydrogen-bond acceptors (Lipinski definition) is 3. The molecule has 4 heteroatoms. The predicted molar refractivity (Wildman–Crippen MR) is 78.6 cm³/mol. The van der Waals surface area contributed by atoms with Crippen molar-refractivity contribution in [1.29, 1.82) is 5.26 Å². The Balaban J connectivity index is 2.02. The second-order valence-corrected chi connectivity index (χ2v) is 4.88. The summed E-state index contributed by atoms with van der Waals surface area (Å²) in [6.07, 6.45) is 0.418. The first-order valence-electron chi connectivity index (χ1n) is 5.82. The van der Waals surface area contributed by atoms with Crippen LogP contribution in [0.3, 0.4) is 0 Å². The standard InChI is InChI=1S/C15H13BrN2O/c16-15-12(2-1-3-14(15)18)10-19-13-6-4-11(5-7-13)8-9-17/h1-7H,8,10,18H2. The summed E-state index contributed by atoms with van der Waals surface area (Å²) in [5, 5.41) is 8.60. The summed E-state index contributed by atoms with van der Waals surface area (Å²) in [5.41, 5.74) is 8.50. The Kier molecular flexibility index (Phi) is 4.43. The number of hydrogen-bond donors (Lipinski definition) is 1. The number of nitrogens with two attached hydrogens (primary N) is 1. The van der Waals surface area contributed by atoms with Crippen molar-refractivity contribution in [2.45, 2.75) is 13.0 Å². The molecule has 2 N–H and O–H groups in total. The second kappa shape index (κ2) is 6.26. The third kappa shape index (κ3) is 3.49. The zero-order chi connectivity index (χ0) is 13.7. The molecule has 0 bridgehead atoms. The van der Waals surface area contributed by atoms with Crippen LogP contribution in [0.1, 0.15) is 11.1 Å². The van der Waals surface area contributed by atoms with Crippen LogP contribution in [0.2, 0.25) is 0 Å². The van der Waals surface area contributed by atoms with Crippen LogP contribution in [0.5, 0.6) is 5.75 Å². The third-order valence-electron chi connectivity index (χ3n) is 2.71. The van der Waals surface area contributed by atoms with E-state index in [1.54, 1.807) is 0 Å². The Bertz CT molecular complexity index is 603. The van der Waals surface area contributed by atoms with Crippen molar-refractivity contribution < 1.29 is 4.74 Å². The maximum atomic E-state index is 8.60. The summed E-state index contributed by atoms with van der Waals surface area (Å²) in [4.78, 5) is 0. The van der Waals surface area contributed by atoms with Crippen molar-refractivity contribution in [1.82, 2.24) is 0 Å². The molecule has 0 saturated heterocycles. The van der Waals surface area contributed by atoms with Gasteiger partial charge in [-0.25, -0.2) is 0 Å². The normalized spacial score (nSPS) is 9.89. The molecule has 0 atom stereocenters. The number of nitrogens with zero attached hydrogens (tertiary/aromatic N) is 1. The molecular weight excluding hydrogens is 304 g/mol. The number of rotatable bonds is 4. The minimum absolute atomic E-state index is 0.418. The summed E-state index contributed by atoms with van der Waals surface area (Å²) in [5.74, 6) is 0.774. The molecule has 0 aliphatic rings. The maximum Gasteiger partial charge on any atom is 0.119 e. The molecule has 0 aliphatic carbocycles. The van der Waals surface area contributed by atoms with Gasteiger partial charge >= 0.3 is 0 Å². The first-order chi connectivity index (χ1) is 9.20. The summed E-state index contributed by atoms with van der Waals surface area (Å²) in [7, 11) is 0. The van der Waals surface area contributed by atoms with Crippen molar-refractivity contribution in [2.75, 3.05) is 5.73 Å². The second-order valence-electron chi connectivity index (χ2n) is 4.09. The molecule has 3 nitrogen and oxygen atoms in total. The van der Waals surface area contributed by atoms with Crippen molar-refractivity contribution in [3.8, 4) is 11.8 Å². The fourth-order valence-corrected chi connectivity index (χ4v) is 2.05. The van der Waals surface area contributed by atoms with Crippen LogP contribution in [-0.4, -0.2) is 0 Å². The smallest absolute Gasteiger partial charge is 0.119 e. The summed E-state index contributed by atoms with van der Waals surface area (Å²) < 4.78 is 6.56. The zero-order valence-electron chi connectivity index (χ0n) is 10.3. The lowest BCUT2D eigenvalue weighted by molar-refractivity contribution is 0.305. The SMILES string of the molecule is N#CCc1ccc(OCc2cccc(N)c2Br)cc1. The first kappa shape index (κ1) is 13.4. The van der Waals surface area contributed by atoms with Gasteiger partial charge in [-0.15, -0.1) is 0 Å². The van der Waals surface area contributed by atoms with Gasteiger partial charge in [0.2, 0.25) is 0 Å². The summed E-state index contributed by atoms with van der Waals surface area (Å²) in [6.45, 7) is 0.448. The Hall–Kier alpha value is -1.99. The van der Waals surface area contributed by atoms with Gasteiger partial charge < -0.3 is 10.5 Å². The van der Waals surface area contributed by atoms with Gasteiger partial charge in [0.1, 0.15) is 12.4 Å². The van der Waals surface area contributed by atoms with Gasteiger partial charge in [-0.05, 0) is 39.7 Å². The van der Waals surface area contributed by atoms with Gasteiger partial charge in [0.15, 0.2) is 0 Å². The monoisotopic (exact) mass is 316 g/mol. The van der Waals surface area contributed by atoms with Crippen LogP contribution in [-0.2, 0) is 13.0 Å². The van der Waals surface area contributed by atoms with E-state index in [2.05, 4.69) is 22.0 Å². The minimum Gasteiger partial charge on any atom is -0.489 e. The Morgan fingerprint density at radius 1 is 1.16 bits per heavy atom. The Morgan fingerprint density at radius 3 is 2.58 bits per heavy atom. The van der Waals surface area contributed by atoms with Crippen molar-refractivity contribution in [3.05, 3.63) is 58.1 Å². The van der Waals surface area contributed by atoms with E-state index >= 15 is 0 Å². The summed E-state index contributed by atoms with van der Waals surface area (Å²) >= 11 is 3.44. The lowest BCUT2D eigenvalue weighted by Gasteiger charge is -2.09. The fraction of sp³-hybridized carbons (Fsp3) is 0.133. The molecule has 2 rings (SSSR count). The van der Waals surface area contributed by atoms with Crippen LogP contribution in [0, 0.1) is 11.3 Å². The molecule has 0 spiro atoms. The number of benzene rings is 2. The van der Waals surface area contributed by atoms with Crippen LogP contribution < -0.4 is 10.5 Å². The van der Waals surface area contributed by atoms with Crippen LogP contribution >= 0.6 is 15.9 Å². The number of halogens is 1. The Labute approximate surface area is 120 Å². The molecule has 0 aliphatic heterocycles. The lowest BCUT2D eigenvalue weighted by Crippen LogP contribution is -1.98. The van der Waals surface area contributed by atoms with E-state index in [4.69, 9.17) is 15.7 Å². The fourth-order valence-electron chi connectivity index (χ4n) is 1.67. The van der Waals surface area contributed by atoms with Gasteiger partial charge in [-0.2, -0.15) is 5.26 Å². The van der Waals surface area contributed by atoms with E-state index in [0.29, 0.717) is 18.7 Å². The largest absolute Gasteiger partial charge is 0.489 e. The molecule has 0 saturated carbocycles. The molecule has 0 unspecified atom stereocenters. The molecule has 0 amide bonds. The predicted octanol–water partition coefficient (Wildman–Crippen LogP) is 3.68. The van der Waals surface area contributed by atoms with Crippen molar-refractivity contribution in [3.63, 3.8) is 0 Å². The van der Waals surface area contributed by atoms with Gasteiger partial charge in [0.25, 0.3) is 0 Å². The first-order valence-corrected chi connectivity index (χ1v) is 6.61. The highest BCUT2D eigenvalue weighted by molar-refractivity contribution is 9.10. The topological polar surface area (TPSA) is 59.0 Å². The molecular formula is C15H13BrN2O. The molecule has 0 heterocycles. The van der Waals surface area contributed by atoms with Crippen LogP contribution in [0.15, 0.2) is 46.9 Å². The van der Waals surface area contributed by atoms with Crippen LogP contribution in [0.4, 0.5) is 5.69 Å². The van der Waals surface area contributed by atoms with E-state index in [1.807, 2.05) is 42.5 Å². The molecule has 19 heavy (non-hydrogen) atoms. The van der Waals surface area contributed by atoms with E-state index in [1.165, 1.54) is 0 Å². The third-order valence-corrected chi connectivity index (χ3v) is 3.68.